The largest absolute Gasteiger partial charge is 0.373 e. The smallest absolute Gasteiger partial charge is 0.0773 e. The van der Waals surface area contributed by atoms with E-state index in [0.29, 0.717) is 18.2 Å². The minimum Gasteiger partial charge on any atom is -0.373 e. The third kappa shape index (κ3) is 3.11. The highest BCUT2D eigenvalue weighted by Crippen LogP contribution is 2.29. The molecule has 2 aliphatic rings. The maximum Gasteiger partial charge on any atom is 0.0773 e. The predicted molar refractivity (Wildman–Crippen MR) is 79.6 cm³/mol. The normalized spacial score (nSPS) is 28.8. The van der Waals surface area contributed by atoms with Crippen LogP contribution in [0.1, 0.15) is 45.4 Å². The molecule has 0 bridgehead atoms. The first kappa shape index (κ1) is 13.0. The molecule has 2 atom stereocenters. The molecule has 0 spiro atoms. The fourth-order valence-electron chi connectivity index (χ4n) is 3.53. The summed E-state index contributed by atoms with van der Waals surface area (Å²) in [5.74, 6) is 0. The summed E-state index contributed by atoms with van der Waals surface area (Å²) in [5, 5.41) is 0. The van der Waals surface area contributed by atoms with Gasteiger partial charge in [0, 0.05) is 18.3 Å². The fraction of sp³-hybridized carbons (Fsp3) is 0.647. The molecule has 0 unspecified atom stereocenters. The molecular formula is C17H25NO. The summed E-state index contributed by atoms with van der Waals surface area (Å²) in [4.78, 5) is 2.49. The van der Waals surface area contributed by atoms with E-state index in [9.17, 15) is 0 Å². The van der Waals surface area contributed by atoms with Gasteiger partial charge in [-0.3, -0.25) is 0 Å². The van der Waals surface area contributed by atoms with Crippen molar-refractivity contribution in [1.29, 1.82) is 0 Å². The number of hydrogen-bond donors (Lipinski definition) is 0. The minimum absolute atomic E-state index is 0.429. The van der Waals surface area contributed by atoms with Crippen LogP contribution in [0.4, 0.5) is 5.69 Å². The summed E-state index contributed by atoms with van der Waals surface area (Å²) < 4.78 is 6.33. The molecule has 0 N–H and O–H groups in total. The van der Waals surface area contributed by atoms with Gasteiger partial charge >= 0.3 is 0 Å². The first-order valence-electron chi connectivity index (χ1n) is 7.80. The third-order valence-electron chi connectivity index (χ3n) is 4.56. The lowest BCUT2D eigenvalue weighted by Gasteiger charge is -2.26. The SMILES string of the molecule is C[C@@H]1C[C@@H](OC2CCCCC2)CN1c1ccccc1. The highest BCUT2D eigenvalue weighted by molar-refractivity contribution is 5.48. The minimum atomic E-state index is 0.429. The Kier molecular flexibility index (Phi) is 4.07. The number of benzene rings is 1. The third-order valence-corrected chi connectivity index (χ3v) is 4.56. The monoisotopic (exact) mass is 259 g/mol. The van der Waals surface area contributed by atoms with Crippen molar-refractivity contribution in [3.8, 4) is 0 Å². The van der Waals surface area contributed by atoms with E-state index in [0.717, 1.165) is 6.54 Å². The van der Waals surface area contributed by atoms with E-state index in [2.05, 4.69) is 42.2 Å². The van der Waals surface area contributed by atoms with E-state index in [1.165, 1.54) is 44.2 Å². The molecule has 1 heterocycles. The second-order valence-electron chi connectivity index (χ2n) is 6.09. The van der Waals surface area contributed by atoms with Crippen LogP contribution in [-0.4, -0.2) is 24.8 Å². The van der Waals surface area contributed by atoms with Crippen LogP contribution in [0.25, 0.3) is 0 Å². The van der Waals surface area contributed by atoms with E-state index in [1.54, 1.807) is 0 Å². The van der Waals surface area contributed by atoms with Gasteiger partial charge in [-0.15, -0.1) is 0 Å². The number of anilines is 1. The molecule has 1 aliphatic heterocycles. The molecule has 1 aromatic carbocycles. The Balaban J connectivity index is 1.58. The van der Waals surface area contributed by atoms with Gasteiger partial charge in [-0.2, -0.15) is 0 Å². The number of para-hydroxylation sites is 1. The van der Waals surface area contributed by atoms with Crippen molar-refractivity contribution in [2.75, 3.05) is 11.4 Å². The number of nitrogens with zero attached hydrogens (tertiary/aromatic N) is 1. The molecule has 3 rings (SSSR count). The van der Waals surface area contributed by atoms with Crippen molar-refractivity contribution >= 4 is 5.69 Å². The number of ether oxygens (including phenoxy) is 1. The molecule has 2 nitrogen and oxygen atoms in total. The summed E-state index contributed by atoms with van der Waals surface area (Å²) in [5.41, 5.74) is 1.34. The van der Waals surface area contributed by atoms with E-state index in [-0.39, 0.29) is 0 Å². The van der Waals surface area contributed by atoms with Gasteiger partial charge in [-0.1, -0.05) is 37.5 Å². The number of hydrogen-bond acceptors (Lipinski definition) is 2. The molecule has 2 fully saturated rings. The van der Waals surface area contributed by atoms with Crippen LogP contribution in [0.5, 0.6) is 0 Å². The van der Waals surface area contributed by atoms with Gasteiger partial charge in [-0.05, 0) is 38.3 Å². The van der Waals surface area contributed by atoms with Crippen molar-refractivity contribution < 1.29 is 4.74 Å². The first-order chi connectivity index (χ1) is 9.33. The van der Waals surface area contributed by atoms with Gasteiger partial charge in [0.05, 0.1) is 12.2 Å². The Bertz CT molecular complexity index is 386. The van der Waals surface area contributed by atoms with Gasteiger partial charge in [-0.25, -0.2) is 0 Å². The van der Waals surface area contributed by atoms with E-state index in [1.807, 2.05) is 0 Å². The molecular weight excluding hydrogens is 234 g/mol. The van der Waals surface area contributed by atoms with Crippen LogP contribution < -0.4 is 4.90 Å². The van der Waals surface area contributed by atoms with E-state index < -0.39 is 0 Å². The zero-order chi connectivity index (χ0) is 13.1. The van der Waals surface area contributed by atoms with Crippen LogP contribution >= 0.6 is 0 Å². The zero-order valence-corrected chi connectivity index (χ0v) is 11.9. The molecule has 1 saturated carbocycles. The maximum atomic E-state index is 6.33. The van der Waals surface area contributed by atoms with Gasteiger partial charge < -0.3 is 9.64 Å². The molecule has 19 heavy (non-hydrogen) atoms. The second-order valence-corrected chi connectivity index (χ2v) is 6.09. The molecule has 2 heteroatoms. The van der Waals surface area contributed by atoms with E-state index >= 15 is 0 Å². The lowest BCUT2D eigenvalue weighted by molar-refractivity contribution is -0.0199. The highest BCUT2D eigenvalue weighted by atomic mass is 16.5. The summed E-state index contributed by atoms with van der Waals surface area (Å²) in [6, 6.07) is 11.3. The second kappa shape index (κ2) is 5.96. The Labute approximate surface area is 116 Å². The Morgan fingerprint density at radius 2 is 1.74 bits per heavy atom. The molecule has 0 aromatic heterocycles. The Morgan fingerprint density at radius 3 is 2.47 bits per heavy atom. The van der Waals surface area contributed by atoms with Crippen molar-refractivity contribution in [3.05, 3.63) is 30.3 Å². The molecule has 0 amide bonds. The Hall–Kier alpha value is -1.02. The van der Waals surface area contributed by atoms with Gasteiger partial charge in [0.25, 0.3) is 0 Å². The van der Waals surface area contributed by atoms with Crippen molar-refractivity contribution in [3.63, 3.8) is 0 Å². The predicted octanol–water partition coefficient (Wildman–Crippen LogP) is 4.00. The molecule has 1 saturated heterocycles. The van der Waals surface area contributed by atoms with Gasteiger partial charge in [0.15, 0.2) is 0 Å². The quantitative estimate of drug-likeness (QED) is 0.813. The standard InChI is InChI=1S/C17H25NO/c1-14-12-17(19-16-10-6-3-7-11-16)13-18(14)15-8-4-2-5-9-15/h2,4-5,8-9,14,16-17H,3,6-7,10-13H2,1H3/t14-,17-/m1/s1. The summed E-state index contributed by atoms with van der Waals surface area (Å²) in [6.45, 7) is 3.37. The number of rotatable bonds is 3. The van der Waals surface area contributed by atoms with Gasteiger partial charge in [0.1, 0.15) is 0 Å². The summed E-state index contributed by atoms with van der Waals surface area (Å²) in [6.07, 6.45) is 8.79. The average molecular weight is 259 g/mol. The van der Waals surface area contributed by atoms with Crippen molar-refractivity contribution in [2.24, 2.45) is 0 Å². The van der Waals surface area contributed by atoms with E-state index in [4.69, 9.17) is 4.74 Å². The first-order valence-corrected chi connectivity index (χ1v) is 7.80. The topological polar surface area (TPSA) is 12.5 Å². The van der Waals surface area contributed by atoms with Crippen LogP contribution in [0, 0.1) is 0 Å². The van der Waals surface area contributed by atoms with Crippen molar-refractivity contribution in [2.45, 2.75) is 63.7 Å². The lowest BCUT2D eigenvalue weighted by atomic mass is 9.97. The molecule has 0 radical (unpaired) electrons. The summed E-state index contributed by atoms with van der Waals surface area (Å²) >= 11 is 0. The van der Waals surface area contributed by atoms with Crippen LogP contribution in [0.2, 0.25) is 0 Å². The lowest BCUT2D eigenvalue weighted by Crippen LogP contribution is -2.29. The average Bonchev–Trinajstić information content (AvgIpc) is 2.82. The molecule has 104 valence electrons. The molecule has 1 aromatic rings. The van der Waals surface area contributed by atoms with Gasteiger partial charge in [0.2, 0.25) is 0 Å². The Morgan fingerprint density at radius 1 is 1.00 bits per heavy atom. The van der Waals surface area contributed by atoms with Crippen LogP contribution in [-0.2, 0) is 4.74 Å². The van der Waals surface area contributed by atoms with Crippen molar-refractivity contribution in [1.82, 2.24) is 0 Å². The fourth-order valence-corrected chi connectivity index (χ4v) is 3.53. The van der Waals surface area contributed by atoms with Crippen LogP contribution in [0.15, 0.2) is 30.3 Å². The summed E-state index contributed by atoms with van der Waals surface area (Å²) in [7, 11) is 0. The molecule has 1 aliphatic carbocycles. The zero-order valence-electron chi connectivity index (χ0n) is 11.9. The highest BCUT2D eigenvalue weighted by Gasteiger charge is 2.31. The van der Waals surface area contributed by atoms with Crippen LogP contribution in [0.3, 0.4) is 0 Å². The maximum absolute atomic E-state index is 6.33.